The van der Waals surface area contributed by atoms with Gasteiger partial charge < -0.3 is 15.2 Å². The van der Waals surface area contributed by atoms with Gasteiger partial charge in [-0.1, -0.05) is 12.1 Å². The van der Waals surface area contributed by atoms with E-state index >= 15 is 0 Å². The molecule has 0 aliphatic rings. The number of aryl methyl sites for hydroxylation is 3. The second kappa shape index (κ2) is 6.53. The largest absolute Gasteiger partial charge is 0.507 e. The summed E-state index contributed by atoms with van der Waals surface area (Å²) in [5.41, 5.74) is 5.25. The molecule has 2 rings (SSSR count). The molecular weight excluding hydrogens is 262 g/mol. The first-order chi connectivity index (χ1) is 10.0. The van der Waals surface area contributed by atoms with E-state index in [1.165, 1.54) is 0 Å². The second-order valence-electron chi connectivity index (χ2n) is 5.34. The molecule has 2 aromatic rings. The third-order valence-electron chi connectivity index (χ3n) is 3.54. The van der Waals surface area contributed by atoms with Crippen molar-refractivity contribution in [2.45, 2.75) is 34.2 Å². The van der Waals surface area contributed by atoms with Crippen LogP contribution in [0.15, 0.2) is 30.3 Å². The molecule has 2 aromatic carbocycles. The molecule has 0 bridgehead atoms. The van der Waals surface area contributed by atoms with Gasteiger partial charge in [-0.05, 0) is 68.1 Å². The Morgan fingerprint density at radius 1 is 1.00 bits per heavy atom. The molecule has 2 N–H and O–H groups in total. The number of ether oxygens (including phenoxy) is 1. The second-order valence-corrected chi connectivity index (χ2v) is 5.34. The molecular formula is C18H23NO2. The number of hydrogen-bond donors (Lipinski definition) is 2. The minimum Gasteiger partial charge on any atom is -0.507 e. The fraction of sp³-hybridized carbons (Fsp3) is 0.333. The van der Waals surface area contributed by atoms with Crippen LogP contribution in [0.5, 0.6) is 11.5 Å². The molecule has 21 heavy (non-hydrogen) atoms. The molecule has 0 fully saturated rings. The number of hydrogen-bond acceptors (Lipinski definition) is 3. The van der Waals surface area contributed by atoms with E-state index in [0.717, 1.165) is 40.2 Å². The van der Waals surface area contributed by atoms with E-state index in [1.807, 2.05) is 51.1 Å². The zero-order valence-corrected chi connectivity index (χ0v) is 13.2. The Labute approximate surface area is 126 Å². The van der Waals surface area contributed by atoms with Crippen molar-refractivity contribution in [3.63, 3.8) is 0 Å². The maximum absolute atomic E-state index is 9.81. The zero-order chi connectivity index (χ0) is 15.4. The first-order valence-corrected chi connectivity index (χ1v) is 7.27. The lowest BCUT2D eigenvalue weighted by Gasteiger charge is -2.13. The Hall–Kier alpha value is -2.16. The summed E-state index contributed by atoms with van der Waals surface area (Å²) in [7, 11) is 0. The summed E-state index contributed by atoms with van der Waals surface area (Å²) >= 11 is 0. The molecule has 0 atom stereocenters. The highest BCUT2D eigenvalue weighted by atomic mass is 16.5. The number of phenolic OH excluding ortho intramolecular Hbond substituents is 1. The van der Waals surface area contributed by atoms with Crippen molar-refractivity contribution in [3.8, 4) is 11.5 Å². The van der Waals surface area contributed by atoms with Crippen molar-refractivity contribution in [1.82, 2.24) is 0 Å². The van der Waals surface area contributed by atoms with Crippen LogP contribution in [0.3, 0.4) is 0 Å². The molecule has 0 saturated carbocycles. The van der Waals surface area contributed by atoms with Gasteiger partial charge in [-0.25, -0.2) is 0 Å². The monoisotopic (exact) mass is 285 g/mol. The molecule has 0 aliphatic carbocycles. The van der Waals surface area contributed by atoms with E-state index in [9.17, 15) is 5.11 Å². The summed E-state index contributed by atoms with van der Waals surface area (Å²) in [5.74, 6) is 1.29. The minimum atomic E-state index is 0.385. The third-order valence-corrected chi connectivity index (χ3v) is 3.54. The summed E-state index contributed by atoms with van der Waals surface area (Å²) in [6.45, 7) is 9.31. The van der Waals surface area contributed by atoms with Crippen molar-refractivity contribution in [2.75, 3.05) is 11.9 Å². The molecule has 0 spiro atoms. The van der Waals surface area contributed by atoms with Crippen LogP contribution in [0.4, 0.5) is 5.69 Å². The lowest BCUT2D eigenvalue weighted by atomic mass is 10.1. The van der Waals surface area contributed by atoms with E-state index in [4.69, 9.17) is 4.74 Å². The molecule has 0 aromatic heterocycles. The standard InChI is InChI=1S/C18H23NO2/c1-5-21-16-6-7-17(12(2)10-16)19-11-15-8-13(3)18(20)14(4)9-15/h6-10,19-20H,5,11H2,1-4H3. The SMILES string of the molecule is CCOc1ccc(NCc2cc(C)c(O)c(C)c2)c(C)c1. The lowest BCUT2D eigenvalue weighted by Crippen LogP contribution is -2.02. The van der Waals surface area contributed by atoms with Crippen LogP contribution in [-0.4, -0.2) is 11.7 Å². The van der Waals surface area contributed by atoms with E-state index < -0.39 is 0 Å². The van der Waals surface area contributed by atoms with Gasteiger partial charge in [0, 0.05) is 12.2 Å². The van der Waals surface area contributed by atoms with Crippen LogP contribution >= 0.6 is 0 Å². The number of nitrogens with one attached hydrogen (secondary N) is 1. The molecule has 3 nitrogen and oxygen atoms in total. The fourth-order valence-corrected chi connectivity index (χ4v) is 2.44. The number of benzene rings is 2. The van der Waals surface area contributed by atoms with Gasteiger partial charge in [0.2, 0.25) is 0 Å². The smallest absolute Gasteiger partial charge is 0.121 e. The van der Waals surface area contributed by atoms with Crippen LogP contribution in [0.1, 0.15) is 29.2 Å². The Morgan fingerprint density at radius 2 is 1.67 bits per heavy atom. The van der Waals surface area contributed by atoms with Gasteiger partial charge in [0.25, 0.3) is 0 Å². The van der Waals surface area contributed by atoms with Gasteiger partial charge in [0.1, 0.15) is 11.5 Å². The van der Waals surface area contributed by atoms with Crippen molar-refractivity contribution in [2.24, 2.45) is 0 Å². The first-order valence-electron chi connectivity index (χ1n) is 7.27. The maximum atomic E-state index is 9.81. The third kappa shape index (κ3) is 3.69. The van der Waals surface area contributed by atoms with Gasteiger partial charge in [-0.2, -0.15) is 0 Å². The van der Waals surface area contributed by atoms with Crippen molar-refractivity contribution in [3.05, 3.63) is 52.6 Å². The predicted octanol–water partition coefficient (Wildman–Crippen LogP) is 4.33. The lowest BCUT2D eigenvalue weighted by molar-refractivity contribution is 0.340. The van der Waals surface area contributed by atoms with E-state index in [0.29, 0.717) is 12.4 Å². The molecule has 0 heterocycles. The molecule has 0 aliphatic heterocycles. The summed E-state index contributed by atoms with van der Waals surface area (Å²) in [6, 6.07) is 10.1. The molecule has 3 heteroatoms. The minimum absolute atomic E-state index is 0.385. The topological polar surface area (TPSA) is 41.5 Å². The van der Waals surface area contributed by atoms with Crippen LogP contribution < -0.4 is 10.1 Å². The van der Waals surface area contributed by atoms with E-state index in [1.54, 1.807) is 0 Å². The number of rotatable bonds is 5. The highest BCUT2D eigenvalue weighted by molar-refractivity contribution is 5.54. The molecule has 0 amide bonds. The van der Waals surface area contributed by atoms with Gasteiger partial charge in [-0.3, -0.25) is 0 Å². The van der Waals surface area contributed by atoms with Crippen LogP contribution in [-0.2, 0) is 6.54 Å². The molecule has 112 valence electrons. The molecule has 0 saturated heterocycles. The Kier molecular flexibility index (Phi) is 4.73. The van der Waals surface area contributed by atoms with Crippen molar-refractivity contribution >= 4 is 5.69 Å². The normalized spacial score (nSPS) is 10.5. The summed E-state index contributed by atoms with van der Waals surface area (Å²) in [6.07, 6.45) is 0. The number of aromatic hydroxyl groups is 1. The van der Waals surface area contributed by atoms with Gasteiger partial charge in [0.05, 0.1) is 6.61 Å². The summed E-state index contributed by atoms with van der Waals surface area (Å²) in [4.78, 5) is 0. The quantitative estimate of drug-likeness (QED) is 0.859. The van der Waals surface area contributed by atoms with Crippen molar-refractivity contribution < 1.29 is 9.84 Å². The molecule has 0 unspecified atom stereocenters. The number of phenols is 1. The Bertz CT molecular complexity index is 612. The predicted molar refractivity (Wildman–Crippen MR) is 87.3 cm³/mol. The van der Waals surface area contributed by atoms with Gasteiger partial charge in [0.15, 0.2) is 0 Å². The summed E-state index contributed by atoms with van der Waals surface area (Å²) in [5, 5.41) is 13.2. The van der Waals surface area contributed by atoms with Crippen LogP contribution in [0.2, 0.25) is 0 Å². The number of anilines is 1. The summed E-state index contributed by atoms with van der Waals surface area (Å²) < 4.78 is 5.49. The highest BCUT2D eigenvalue weighted by Crippen LogP contribution is 2.25. The van der Waals surface area contributed by atoms with E-state index in [-0.39, 0.29) is 0 Å². The van der Waals surface area contributed by atoms with Crippen LogP contribution in [0, 0.1) is 20.8 Å². The van der Waals surface area contributed by atoms with Gasteiger partial charge in [-0.15, -0.1) is 0 Å². The van der Waals surface area contributed by atoms with Crippen molar-refractivity contribution in [1.29, 1.82) is 0 Å². The van der Waals surface area contributed by atoms with Crippen LogP contribution in [0.25, 0.3) is 0 Å². The van der Waals surface area contributed by atoms with Gasteiger partial charge >= 0.3 is 0 Å². The average molecular weight is 285 g/mol. The molecule has 0 radical (unpaired) electrons. The zero-order valence-electron chi connectivity index (χ0n) is 13.2. The fourth-order valence-electron chi connectivity index (χ4n) is 2.44. The average Bonchev–Trinajstić information content (AvgIpc) is 2.44. The Balaban J connectivity index is 2.09. The van der Waals surface area contributed by atoms with E-state index in [2.05, 4.69) is 12.2 Å². The highest BCUT2D eigenvalue weighted by Gasteiger charge is 2.05. The maximum Gasteiger partial charge on any atom is 0.121 e. The first kappa shape index (κ1) is 15.2. The Morgan fingerprint density at radius 3 is 2.24 bits per heavy atom.